The van der Waals surface area contributed by atoms with Crippen LogP contribution in [-0.2, 0) is 33.8 Å². The largest absolute Gasteiger partial charge is 0.494 e. The zero-order valence-electron chi connectivity index (χ0n) is 29.0. The van der Waals surface area contributed by atoms with E-state index in [1.807, 2.05) is 49.8 Å². The number of fused-ring (bicyclic) bond motifs is 1. The Morgan fingerprint density at radius 3 is 2.24 bits per heavy atom. The molecule has 0 spiro atoms. The molecule has 5 rings (SSSR count). The summed E-state index contributed by atoms with van der Waals surface area (Å²) >= 11 is 0. The third kappa shape index (κ3) is 6.98. The number of carboxylic acid groups (broad SMARTS) is 1. The number of likely N-dealkylation sites (tertiary alicyclic amines) is 1. The molecule has 266 valence electrons. The number of aliphatic hydroxyl groups excluding tert-OH is 1. The van der Waals surface area contributed by atoms with Crippen molar-refractivity contribution >= 4 is 44.4 Å². The van der Waals surface area contributed by atoms with Crippen molar-refractivity contribution in [2.75, 3.05) is 57.9 Å². The molecule has 2 aliphatic rings. The number of carbonyl (C=O) groups excluding carboxylic acids is 2. The number of amides is 2. The van der Waals surface area contributed by atoms with Crippen LogP contribution in [0, 0.1) is 0 Å². The number of aromatic carboxylic acids is 1. The number of hydrogen-bond acceptors (Lipinski definition) is 9. The van der Waals surface area contributed by atoms with E-state index in [1.165, 1.54) is 7.11 Å². The van der Waals surface area contributed by atoms with Crippen LogP contribution in [0.2, 0.25) is 0 Å². The van der Waals surface area contributed by atoms with E-state index in [1.54, 1.807) is 23.7 Å². The lowest BCUT2D eigenvalue weighted by molar-refractivity contribution is -0.137. The predicted octanol–water partition coefficient (Wildman–Crippen LogP) is 2.03. The minimum atomic E-state index is -3.96. The van der Waals surface area contributed by atoms with Crippen molar-refractivity contribution in [1.29, 1.82) is 0 Å². The van der Waals surface area contributed by atoms with Crippen molar-refractivity contribution in [3.63, 3.8) is 0 Å². The van der Waals surface area contributed by atoms with Crippen molar-refractivity contribution < 1.29 is 37.8 Å². The summed E-state index contributed by atoms with van der Waals surface area (Å²) in [6.45, 7) is 8.83. The molecule has 49 heavy (non-hydrogen) atoms. The van der Waals surface area contributed by atoms with Gasteiger partial charge in [0.2, 0.25) is 15.9 Å². The summed E-state index contributed by atoms with van der Waals surface area (Å²) in [5.74, 6) is -2.16. The van der Waals surface area contributed by atoms with E-state index in [4.69, 9.17) is 10.5 Å². The van der Waals surface area contributed by atoms with Gasteiger partial charge in [-0.3, -0.25) is 24.1 Å². The molecule has 0 radical (unpaired) electrons. The maximum Gasteiger partial charge on any atom is 0.353 e. The Hall–Kier alpha value is -4.18. The van der Waals surface area contributed by atoms with Gasteiger partial charge in [0, 0.05) is 62.8 Å². The van der Waals surface area contributed by atoms with E-state index >= 15 is 0 Å². The molecular formula is C34H46N6O8S. The fourth-order valence-corrected chi connectivity index (χ4v) is 7.83. The number of aromatic nitrogens is 1. The SMILES string of the molecule is COc1c(C(N)=O)cc(C(C)(C)C)c(-c2c(C(=O)O)n(C)c3c(CN4CCN(C(=O)[C@H]5C[C@H](O)CN5C)CC4)cccc23)c1NS(C)(=O)=O. The number of aryl methyl sites for hydroxylation is 1. The average molecular weight is 699 g/mol. The number of hydrogen-bond donors (Lipinski definition) is 4. The number of anilines is 1. The molecule has 0 bridgehead atoms. The molecule has 2 aromatic carbocycles. The van der Waals surface area contributed by atoms with Gasteiger partial charge in [0.25, 0.3) is 5.91 Å². The van der Waals surface area contributed by atoms with Crippen molar-refractivity contribution in [3.8, 4) is 16.9 Å². The summed E-state index contributed by atoms with van der Waals surface area (Å²) in [5.41, 5.74) is 7.38. The molecule has 2 amide bonds. The normalized spacial score (nSPS) is 19.4. The molecule has 14 nitrogen and oxygen atoms in total. The summed E-state index contributed by atoms with van der Waals surface area (Å²) in [7, 11) is 0.843. The van der Waals surface area contributed by atoms with Crippen LogP contribution in [0.3, 0.4) is 0 Å². The predicted molar refractivity (Wildman–Crippen MR) is 186 cm³/mol. The summed E-state index contributed by atoms with van der Waals surface area (Å²) in [6.07, 6.45) is 0.882. The number of para-hydroxylation sites is 1. The number of carbonyl (C=O) groups is 3. The number of nitrogens with zero attached hydrogens (tertiary/aromatic N) is 4. The molecule has 0 saturated carbocycles. The number of ether oxygens (including phenoxy) is 1. The summed E-state index contributed by atoms with van der Waals surface area (Å²) in [6, 6.07) is 6.78. The molecular weight excluding hydrogens is 652 g/mol. The Balaban J connectivity index is 1.63. The third-order valence-corrected chi connectivity index (χ3v) is 10.1. The first kappa shape index (κ1) is 36.1. The lowest BCUT2D eigenvalue weighted by atomic mass is 9.79. The number of methoxy groups -OCH3 is 1. The average Bonchev–Trinajstić information content (AvgIpc) is 3.50. The number of nitrogens with one attached hydrogen (secondary N) is 1. The topological polar surface area (TPSA) is 188 Å². The highest BCUT2D eigenvalue weighted by Crippen LogP contribution is 2.49. The van der Waals surface area contributed by atoms with Gasteiger partial charge < -0.3 is 30.2 Å². The molecule has 3 heterocycles. The van der Waals surface area contributed by atoms with Gasteiger partial charge in [-0.05, 0) is 36.1 Å². The Bertz CT molecular complexity index is 1920. The second-order valence-corrected chi connectivity index (χ2v) is 15.8. The second kappa shape index (κ2) is 13.3. The van der Waals surface area contributed by atoms with Gasteiger partial charge in [-0.2, -0.15) is 0 Å². The van der Waals surface area contributed by atoms with Crippen LogP contribution >= 0.6 is 0 Å². The number of β-amino-alcohol motifs (C(OH)–C–C–N with tert-alkyl or cyclic N) is 1. The van der Waals surface area contributed by atoms with Crippen LogP contribution < -0.4 is 15.2 Å². The minimum absolute atomic E-state index is 0.0184. The Morgan fingerprint density at radius 1 is 1.08 bits per heavy atom. The molecule has 15 heteroatoms. The first-order valence-corrected chi connectivity index (χ1v) is 18.0. The highest BCUT2D eigenvalue weighted by atomic mass is 32.2. The first-order chi connectivity index (χ1) is 22.8. The second-order valence-electron chi connectivity index (χ2n) is 14.1. The fourth-order valence-electron chi connectivity index (χ4n) is 7.26. The molecule has 5 N–H and O–H groups in total. The maximum absolute atomic E-state index is 13.2. The molecule has 0 unspecified atom stereocenters. The number of benzene rings is 2. The van der Waals surface area contributed by atoms with Gasteiger partial charge in [-0.15, -0.1) is 0 Å². The molecule has 2 atom stereocenters. The first-order valence-electron chi connectivity index (χ1n) is 16.1. The monoisotopic (exact) mass is 698 g/mol. The van der Waals surface area contributed by atoms with Crippen molar-refractivity contribution in [2.24, 2.45) is 12.8 Å². The van der Waals surface area contributed by atoms with E-state index in [9.17, 15) is 33.0 Å². The van der Waals surface area contributed by atoms with Gasteiger partial charge in [-0.1, -0.05) is 39.0 Å². The maximum atomic E-state index is 13.2. The van der Waals surface area contributed by atoms with Gasteiger partial charge in [0.1, 0.15) is 5.69 Å². The van der Waals surface area contributed by atoms with E-state index < -0.39 is 33.4 Å². The number of nitrogens with two attached hydrogens (primary N) is 1. The number of aliphatic hydroxyl groups is 1. The summed E-state index contributed by atoms with van der Waals surface area (Å²) in [5, 5.41) is 21.3. The van der Waals surface area contributed by atoms with Crippen LogP contribution in [0.1, 0.15) is 59.2 Å². The number of primary amides is 1. The van der Waals surface area contributed by atoms with Crippen molar-refractivity contribution in [2.45, 2.75) is 51.3 Å². The van der Waals surface area contributed by atoms with Gasteiger partial charge in [0.05, 0.1) is 42.3 Å². The Labute approximate surface area is 286 Å². The Morgan fingerprint density at radius 2 is 1.73 bits per heavy atom. The summed E-state index contributed by atoms with van der Waals surface area (Å²) in [4.78, 5) is 44.9. The zero-order chi connectivity index (χ0) is 36.2. The number of piperazine rings is 1. The van der Waals surface area contributed by atoms with E-state index in [-0.39, 0.29) is 45.8 Å². The lowest BCUT2D eigenvalue weighted by Crippen LogP contribution is -2.52. The van der Waals surface area contributed by atoms with Crippen LogP contribution in [0.15, 0.2) is 24.3 Å². The number of likely N-dealkylation sites (N-methyl/N-ethyl adjacent to an activating group) is 1. The van der Waals surface area contributed by atoms with E-state index in [0.717, 1.165) is 11.8 Å². The van der Waals surface area contributed by atoms with Gasteiger partial charge in [-0.25, -0.2) is 13.2 Å². The quantitative estimate of drug-likeness (QED) is 0.258. The molecule has 3 aromatic rings. The van der Waals surface area contributed by atoms with Gasteiger partial charge >= 0.3 is 5.97 Å². The van der Waals surface area contributed by atoms with Crippen LogP contribution in [-0.4, -0.2) is 121 Å². The zero-order valence-corrected chi connectivity index (χ0v) is 29.8. The van der Waals surface area contributed by atoms with Crippen molar-refractivity contribution in [3.05, 3.63) is 46.6 Å². The highest BCUT2D eigenvalue weighted by Gasteiger charge is 2.38. The van der Waals surface area contributed by atoms with Gasteiger partial charge in [0.15, 0.2) is 5.75 Å². The summed E-state index contributed by atoms with van der Waals surface area (Å²) < 4.78 is 35.3. The Kier molecular flexibility index (Phi) is 9.78. The molecule has 1 aromatic heterocycles. The van der Waals surface area contributed by atoms with Crippen LogP contribution in [0.5, 0.6) is 5.75 Å². The van der Waals surface area contributed by atoms with Crippen molar-refractivity contribution in [1.82, 2.24) is 19.3 Å². The number of carboxylic acids is 1. The molecule has 0 aliphatic carbocycles. The number of rotatable bonds is 9. The minimum Gasteiger partial charge on any atom is -0.494 e. The van der Waals surface area contributed by atoms with Crippen LogP contribution in [0.25, 0.3) is 22.0 Å². The van der Waals surface area contributed by atoms with E-state index in [0.29, 0.717) is 62.2 Å². The fraction of sp³-hybridized carbons (Fsp3) is 0.500. The van der Waals surface area contributed by atoms with E-state index in [2.05, 4.69) is 9.62 Å². The molecule has 2 aliphatic heterocycles. The molecule has 2 saturated heterocycles. The standard InChI is InChI=1S/C34H46N6O8S/c1-34(2,3)23-16-22(31(35)42)30(48-6)27(36-49(7,46)47)26(23)25-21-10-8-9-19(28(21)38(5)29(25)33(44)45)17-39-11-13-40(14-12-39)32(43)24-15-20(41)18-37(24)4/h8-10,16,20,24,36,41H,11-15,17-18H2,1-7H3,(H2,35,42)(H,44,45)/t20-,24+/m0/s1. The third-order valence-electron chi connectivity index (χ3n) is 9.48. The lowest BCUT2D eigenvalue weighted by Gasteiger charge is -2.37. The van der Waals surface area contributed by atoms with Crippen LogP contribution in [0.4, 0.5) is 5.69 Å². The number of sulfonamides is 1. The highest BCUT2D eigenvalue weighted by molar-refractivity contribution is 7.92. The smallest absolute Gasteiger partial charge is 0.353 e. The molecule has 2 fully saturated rings.